The van der Waals surface area contributed by atoms with Crippen LogP contribution in [0.2, 0.25) is 0 Å². The molecule has 1 heterocycles. The second-order valence-corrected chi connectivity index (χ2v) is 4.81. The number of halogens is 1. The molecule has 2 rings (SSSR count). The minimum absolute atomic E-state index is 0.00650. The van der Waals surface area contributed by atoms with Gasteiger partial charge < -0.3 is 10.1 Å². The third kappa shape index (κ3) is 3.47. The molecule has 1 fully saturated rings. The molecule has 4 heteroatoms. The zero-order chi connectivity index (χ0) is 12.8. The largest absolute Gasteiger partial charge is 0.381 e. The summed E-state index contributed by atoms with van der Waals surface area (Å²) in [5.41, 5.74) is 1.14. The summed E-state index contributed by atoms with van der Waals surface area (Å²) in [6.45, 7) is 1.54. The Bertz CT molecular complexity index is 377. The van der Waals surface area contributed by atoms with Crippen LogP contribution in [0.3, 0.4) is 0 Å². The number of carbonyl (C=O) groups is 1. The van der Waals surface area contributed by atoms with Gasteiger partial charge in [0, 0.05) is 13.2 Å². The molecule has 0 aromatic heterocycles. The lowest BCUT2D eigenvalue weighted by molar-refractivity contribution is -0.120. The van der Waals surface area contributed by atoms with E-state index in [1.54, 1.807) is 0 Å². The number of alkyl halides is 1. The van der Waals surface area contributed by atoms with E-state index in [9.17, 15) is 4.79 Å². The number of nitrogens with one attached hydrogen (secondary N) is 1. The highest BCUT2D eigenvalue weighted by Crippen LogP contribution is 2.29. The molecule has 0 radical (unpaired) electrons. The number of amides is 1. The molecule has 1 unspecified atom stereocenters. The summed E-state index contributed by atoms with van der Waals surface area (Å²) in [6, 6.07) is 10.1. The molecule has 3 nitrogen and oxygen atoms in total. The van der Waals surface area contributed by atoms with Crippen LogP contribution >= 0.6 is 11.6 Å². The Morgan fingerprint density at radius 2 is 2.00 bits per heavy atom. The van der Waals surface area contributed by atoms with E-state index in [1.165, 1.54) is 0 Å². The van der Waals surface area contributed by atoms with Gasteiger partial charge in [-0.3, -0.25) is 4.79 Å². The highest BCUT2D eigenvalue weighted by molar-refractivity contribution is 6.27. The first kappa shape index (κ1) is 13.4. The summed E-state index contributed by atoms with van der Waals surface area (Å²) in [5.74, 6) is 0.317. The van der Waals surface area contributed by atoms with Crippen molar-refractivity contribution in [1.82, 2.24) is 5.32 Å². The van der Waals surface area contributed by atoms with E-state index in [0.717, 1.165) is 31.6 Å². The zero-order valence-electron chi connectivity index (χ0n) is 10.3. The van der Waals surface area contributed by atoms with E-state index in [2.05, 4.69) is 17.4 Å². The number of ether oxygens (including phenoxy) is 1. The second-order valence-electron chi connectivity index (χ2n) is 4.54. The van der Waals surface area contributed by atoms with Crippen LogP contribution in [0.25, 0.3) is 0 Å². The summed E-state index contributed by atoms with van der Waals surface area (Å²) < 4.78 is 5.38. The van der Waals surface area contributed by atoms with Crippen molar-refractivity contribution in [3.63, 3.8) is 0 Å². The molecule has 1 N–H and O–H groups in total. The molecular weight excluding hydrogens is 250 g/mol. The Balaban J connectivity index is 2.14. The van der Waals surface area contributed by atoms with E-state index in [-0.39, 0.29) is 17.8 Å². The molecule has 18 heavy (non-hydrogen) atoms. The summed E-state index contributed by atoms with van der Waals surface area (Å²) in [6.07, 6.45) is 1.95. The van der Waals surface area contributed by atoms with Gasteiger partial charge in [-0.2, -0.15) is 0 Å². The van der Waals surface area contributed by atoms with Crippen LogP contribution in [-0.4, -0.2) is 25.0 Å². The predicted molar refractivity (Wildman–Crippen MR) is 71.6 cm³/mol. The van der Waals surface area contributed by atoms with Crippen molar-refractivity contribution in [2.45, 2.75) is 18.9 Å². The second kappa shape index (κ2) is 6.76. The van der Waals surface area contributed by atoms with Gasteiger partial charge >= 0.3 is 0 Å². The lowest BCUT2D eigenvalue weighted by Crippen LogP contribution is -2.36. The molecule has 1 aliphatic heterocycles. The Hall–Kier alpha value is -1.06. The molecular formula is C14H18ClNO2. The van der Waals surface area contributed by atoms with Gasteiger partial charge in [0.05, 0.1) is 6.04 Å². The number of hydrogen-bond acceptors (Lipinski definition) is 2. The van der Waals surface area contributed by atoms with Crippen LogP contribution < -0.4 is 5.32 Å². The Morgan fingerprint density at radius 3 is 2.61 bits per heavy atom. The molecule has 0 spiro atoms. The van der Waals surface area contributed by atoms with E-state index in [1.807, 2.05) is 18.2 Å². The lowest BCUT2D eigenvalue weighted by Gasteiger charge is -2.31. The van der Waals surface area contributed by atoms with Crippen molar-refractivity contribution in [2.75, 3.05) is 19.1 Å². The van der Waals surface area contributed by atoms with E-state index >= 15 is 0 Å². The van der Waals surface area contributed by atoms with Crippen LogP contribution in [0, 0.1) is 5.92 Å². The highest BCUT2D eigenvalue weighted by Gasteiger charge is 2.26. The minimum Gasteiger partial charge on any atom is -0.381 e. The van der Waals surface area contributed by atoms with Crippen LogP contribution in [0.15, 0.2) is 30.3 Å². The van der Waals surface area contributed by atoms with E-state index in [4.69, 9.17) is 16.3 Å². The van der Waals surface area contributed by atoms with Gasteiger partial charge in [-0.05, 0) is 24.3 Å². The fourth-order valence-corrected chi connectivity index (χ4v) is 2.47. The minimum atomic E-state index is -0.114. The average molecular weight is 268 g/mol. The van der Waals surface area contributed by atoms with Crippen molar-refractivity contribution in [1.29, 1.82) is 0 Å². The van der Waals surface area contributed by atoms with Crippen LogP contribution in [-0.2, 0) is 9.53 Å². The van der Waals surface area contributed by atoms with Gasteiger partial charge in [-0.1, -0.05) is 30.3 Å². The maximum absolute atomic E-state index is 11.6. The van der Waals surface area contributed by atoms with Gasteiger partial charge in [0.2, 0.25) is 5.91 Å². The number of hydrogen-bond donors (Lipinski definition) is 1. The van der Waals surface area contributed by atoms with Gasteiger partial charge in [0.1, 0.15) is 5.88 Å². The third-order valence-corrected chi connectivity index (χ3v) is 3.58. The molecule has 1 amide bonds. The first-order chi connectivity index (χ1) is 8.81. The van der Waals surface area contributed by atoms with Crippen LogP contribution in [0.4, 0.5) is 0 Å². The summed E-state index contributed by atoms with van der Waals surface area (Å²) >= 11 is 5.59. The van der Waals surface area contributed by atoms with Crippen molar-refractivity contribution in [3.05, 3.63) is 35.9 Å². The van der Waals surface area contributed by atoms with Crippen molar-refractivity contribution >= 4 is 17.5 Å². The first-order valence-electron chi connectivity index (χ1n) is 6.29. The number of rotatable bonds is 4. The fraction of sp³-hybridized carbons (Fsp3) is 0.500. The predicted octanol–water partition coefficient (Wildman–Crippen LogP) is 2.51. The van der Waals surface area contributed by atoms with Crippen LogP contribution in [0.1, 0.15) is 24.4 Å². The standard InChI is InChI=1S/C14H18ClNO2/c15-10-13(17)16-14(11-4-2-1-3-5-11)12-6-8-18-9-7-12/h1-5,12,14H,6-10H2,(H,16,17). The number of carbonyl (C=O) groups excluding carboxylic acids is 1. The van der Waals surface area contributed by atoms with Crippen LogP contribution in [0.5, 0.6) is 0 Å². The van der Waals surface area contributed by atoms with Crippen molar-refractivity contribution in [3.8, 4) is 0 Å². The van der Waals surface area contributed by atoms with Gasteiger partial charge in [0.25, 0.3) is 0 Å². The summed E-state index contributed by atoms with van der Waals surface area (Å²) in [5, 5.41) is 3.03. The number of benzene rings is 1. The van der Waals surface area contributed by atoms with Gasteiger partial charge in [-0.25, -0.2) is 0 Å². The summed E-state index contributed by atoms with van der Waals surface area (Å²) in [7, 11) is 0. The Kier molecular flexibility index (Phi) is 5.02. The quantitative estimate of drug-likeness (QED) is 0.852. The SMILES string of the molecule is O=C(CCl)NC(c1ccccc1)C1CCOCC1. The fourth-order valence-electron chi connectivity index (χ4n) is 2.39. The Morgan fingerprint density at radius 1 is 1.33 bits per heavy atom. The molecule has 1 aromatic rings. The lowest BCUT2D eigenvalue weighted by atomic mass is 9.87. The first-order valence-corrected chi connectivity index (χ1v) is 6.82. The van der Waals surface area contributed by atoms with Gasteiger partial charge in [0.15, 0.2) is 0 Å². The van der Waals surface area contributed by atoms with Crippen molar-refractivity contribution in [2.24, 2.45) is 5.92 Å². The molecule has 1 saturated heterocycles. The average Bonchev–Trinajstić information content (AvgIpc) is 2.46. The summed E-state index contributed by atoms with van der Waals surface area (Å²) in [4.78, 5) is 11.6. The third-order valence-electron chi connectivity index (χ3n) is 3.33. The molecule has 0 saturated carbocycles. The molecule has 0 aliphatic carbocycles. The Labute approximate surface area is 112 Å². The topological polar surface area (TPSA) is 38.3 Å². The normalized spacial score (nSPS) is 18.3. The van der Waals surface area contributed by atoms with Crippen molar-refractivity contribution < 1.29 is 9.53 Å². The molecule has 1 aliphatic rings. The maximum Gasteiger partial charge on any atom is 0.235 e. The van der Waals surface area contributed by atoms with E-state index in [0.29, 0.717) is 5.92 Å². The highest BCUT2D eigenvalue weighted by atomic mass is 35.5. The maximum atomic E-state index is 11.6. The molecule has 1 atom stereocenters. The molecule has 1 aromatic carbocycles. The molecule has 0 bridgehead atoms. The smallest absolute Gasteiger partial charge is 0.235 e. The monoisotopic (exact) mass is 267 g/mol. The molecule has 98 valence electrons. The van der Waals surface area contributed by atoms with E-state index < -0.39 is 0 Å². The zero-order valence-corrected chi connectivity index (χ0v) is 11.0. The van der Waals surface area contributed by atoms with Gasteiger partial charge in [-0.15, -0.1) is 11.6 Å².